The molecule has 0 amide bonds. The molecule has 1 heterocycles. The molecular formula is C19H17Cl4NO. The van der Waals surface area contributed by atoms with Crippen LogP contribution in [0, 0.1) is 0 Å². The Morgan fingerprint density at radius 2 is 1.56 bits per heavy atom. The molecule has 0 saturated heterocycles. The van der Waals surface area contributed by atoms with Gasteiger partial charge in [-0.3, -0.25) is 0 Å². The topological polar surface area (TPSA) is 25.2 Å². The van der Waals surface area contributed by atoms with Crippen LogP contribution in [-0.2, 0) is 13.0 Å². The maximum Gasteiger partial charge on any atom is 0.134 e. The van der Waals surface area contributed by atoms with Crippen molar-refractivity contribution < 1.29 is 4.42 Å². The summed E-state index contributed by atoms with van der Waals surface area (Å²) in [6, 6.07) is 17.1. The first-order valence-electron chi connectivity index (χ1n) is 7.61. The summed E-state index contributed by atoms with van der Waals surface area (Å²) in [7, 11) is 0. The minimum Gasteiger partial charge on any atom is -0.460 e. The summed E-state index contributed by atoms with van der Waals surface area (Å²) in [4.78, 5) is 0. The molecule has 0 saturated carbocycles. The van der Waals surface area contributed by atoms with E-state index in [4.69, 9.17) is 39.2 Å². The summed E-state index contributed by atoms with van der Waals surface area (Å²) in [5.74, 6) is 1.73. The van der Waals surface area contributed by atoms with Crippen LogP contribution in [0.1, 0.15) is 11.3 Å². The first-order chi connectivity index (χ1) is 11.6. The number of hydrogen-bond donors (Lipinski definition) is 1. The quantitative estimate of drug-likeness (QED) is 0.454. The average molecular weight is 417 g/mol. The average Bonchev–Trinajstić information content (AvgIpc) is 3.03. The Labute approximate surface area is 168 Å². The van der Waals surface area contributed by atoms with Crippen molar-refractivity contribution in [1.82, 2.24) is 5.32 Å². The summed E-state index contributed by atoms with van der Waals surface area (Å²) in [5, 5.41) is 5.43. The van der Waals surface area contributed by atoms with E-state index in [0.717, 1.165) is 35.6 Å². The van der Waals surface area contributed by atoms with Gasteiger partial charge in [0.2, 0.25) is 0 Å². The summed E-state index contributed by atoms with van der Waals surface area (Å²) >= 11 is 18.0. The summed E-state index contributed by atoms with van der Waals surface area (Å²) in [5.41, 5.74) is 2.09. The van der Waals surface area contributed by atoms with Crippen molar-refractivity contribution in [2.24, 2.45) is 0 Å². The summed E-state index contributed by atoms with van der Waals surface area (Å²) in [6.45, 7) is 1.47. The van der Waals surface area contributed by atoms with Crippen LogP contribution < -0.4 is 5.32 Å². The van der Waals surface area contributed by atoms with Crippen LogP contribution in [0.15, 0.2) is 59.0 Å². The van der Waals surface area contributed by atoms with Crippen LogP contribution in [0.3, 0.4) is 0 Å². The molecule has 6 heteroatoms. The van der Waals surface area contributed by atoms with E-state index in [1.54, 1.807) is 6.07 Å². The predicted octanol–water partition coefficient (Wildman–Crippen LogP) is 6.66. The van der Waals surface area contributed by atoms with E-state index in [0.29, 0.717) is 21.6 Å². The van der Waals surface area contributed by atoms with E-state index >= 15 is 0 Å². The van der Waals surface area contributed by atoms with Gasteiger partial charge >= 0.3 is 0 Å². The highest BCUT2D eigenvalue weighted by Gasteiger charge is 2.05. The number of nitrogens with one attached hydrogen (secondary N) is 1. The maximum atomic E-state index is 6.17. The van der Waals surface area contributed by atoms with Crippen molar-refractivity contribution in [2.75, 3.05) is 6.54 Å². The number of furan rings is 1. The first-order valence-corrected chi connectivity index (χ1v) is 8.74. The van der Waals surface area contributed by atoms with Crippen LogP contribution in [0.4, 0.5) is 0 Å². The standard InChI is InChI=1S/C19H16Cl3NO.ClH/c20-15-4-2-14(3-5-15)19-8-7-17(24-19)12-23-10-9-13-1-6-16(21)11-18(13)22;/h1-8,11,23H,9-10,12H2;1H. The van der Waals surface area contributed by atoms with Crippen molar-refractivity contribution in [3.05, 3.63) is 81.0 Å². The van der Waals surface area contributed by atoms with Crippen LogP contribution in [0.25, 0.3) is 11.3 Å². The highest BCUT2D eigenvalue weighted by Crippen LogP contribution is 2.24. The zero-order chi connectivity index (χ0) is 16.9. The number of halogens is 4. The fourth-order valence-corrected chi connectivity index (χ4v) is 3.03. The third-order valence-corrected chi connectivity index (χ3v) is 4.51. The molecule has 0 bridgehead atoms. The molecule has 0 aliphatic rings. The minimum atomic E-state index is 0. The van der Waals surface area contributed by atoms with Gasteiger partial charge in [0, 0.05) is 20.6 Å². The van der Waals surface area contributed by atoms with Crippen molar-refractivity contribution in [3.8, 4) is 11.3 Å². The van der Waals surface area contributed by atoms with E-state index in [9.17, 15) is 0 Å². The molecule has 25 heavy (non-hydrogen) atoms. The zero-order valence-electron chi connectivity index (χ0n) is 13.3. The molecule has 132 valence electrons. The minimum absolute atomic E-state index is 0. The third kappa shape index (κ3) is 5.67. The van der Waals surface area contributed by atoms with E-state index < -0.39 is 0 Å². The molecule has 0 fully saturated rings. The molecule has 1 N–H and O–H groups in total. The lowest BCUT2D eigenvalue weighted by atomic mass is 10.1. The Morgan fingerprint density at radius 1 is 0.840 bits per heavy atom. The van der Waals surface area contributed by atoms with Gasteiger partial charge in [-0.15, -0.1) is 12.4 Å². The predicted molar refractivity (Wildman–Crippen MR) is 108 cm³/mol. The molecule has 0 aliphatic heterocycles. The molecule has 0 radical (unpaired) electrons. The number of rotatable bonds is 6. The van der Waals surface area contributed by atoms with Crippen LogP contribution in [0.5, 0.6) is 0 Å². The van der Waals surface area contributed by atoms with Gasteiger partial charge in [0.25, 0.3) is 0 Å². The Bertz CT molecular complexity index is 815. The molecule has 3 rings (SSSR count). The van der Waals surface area contributed by atoms with Crippen molar-refractivity contribution >= 4 is 47.2 Å². The second-order valence-electron chi connectivity index (χ2n) is 5.44. The molecule has 0 aliphatic carbocycles. The van der Waals surface area contributed by atoms with E-state index in [-0.39, 0.29) is 12.4 Å². The van der Waals surface area contributed by atoms with E-state index in [1.807, 2.05) is 48.5 Å². The van der Waals surface area contributed by atoms with E-state index in [2.05, 4.69) is 5.32 Å². The van der Waals surface area contributed by atoms with Gasteiger partial charge in [-0.2, -0.15) is 0 Å². The van der Waals surface area contributed by atoms with Crippen LogP contribution >= 0.6 is 47.2 Å². The summed E-state index contributed by atoms with van der Waals surface area (Å²) < 4.78 is 5.85. The van der Waals surface area contributed by atoms with Gasteiger partial charge in [0.1, 0.15) is 11.5 Å². The number of hydrogen-bond acceptors (Lipinski definition) is 2. The Balaban J connectivity index is 0.00000225. The normalized spacial score (nSPS) is 10.5. The molecule has 2 aromatic carbocycles. The second-order valence-corrected chi connectivity index (χ2v) is 6.72. The highest BCUT2D eigenvalue weighted by atomic mass is 35.5. The van der Waals surface area contributed by atoms with Gasteiger partial charge in [-0.1, -0.05) is 40.9 Å². The highest BCUT2D eigenvalue weighted by molar-refractivity contribution is 6.35. The van der Waals surface area contributed by atoms with Gasteiger partial charge in [-0.05, 0) is 67.1 Å². The molecule has 1 aromatic heterocycles. The monoisotopic (exact) mass is 415 g/mol. The SMILES string of the molecule is Cl.Clc1ccc(-c2ccc(CNCCc3ccc(Cl)cc3Cl)o2)cc1. The second kappa shape index (κ2) is 9.51. The van der Waals surface area contributed by atoms with Crippen LogP contribution in [0.2, 0.25) is 15.1 Å². The van der Waals surface area contributed by atoms with E-state index in [1.165, 1.54) is 0 Å². The molecule has 0 spiro atoms. The summed E-state index contributed by atoms with van der Waals surface area (Å²) in [6.07, 6.45) is 0.834. The maximum absolute atomic E-state index is 6.17. The zero-order valence-corrected chi connectivity index (χ0v) is 16.4. The fourth-order valence-electron chi connectivity index (χ4n) is 2.40. The van der Waals surface area contributed by atoms with Crippen molar-refractivity contribution in [1.29, 1.82) is 0 Å². The Morgan fingerprint density at radius 3 is 2.28 bits per heavy atom. The van der Waals surface area contributed by atoms with Gasteiger partial charge in [0.05, 0.1) is 6.54 Å². The van der Waals surface area contributed by atoms with Gasteiger partial charge in [0.15, 0.2) is 0 Å². The third-order valence-electron chi connectivity index (χ3n) is 3.68. The number of benzene rings is 2. The van der Waals surface area contributed by atoms with Crippen molar-refractivity contribution in [2.45, 2.75) is 13.0 Å². The van der Waals surface area contributed by atoms with Gasteiger partial charge < -0.3 is 9.73 Å². The van der Waals surface area contributed by atoms with Crippen LogP contribution in [-0.4, -0.2) is 6.54 Å². The Kier molecular flexibility index (Phi) is 7.67. The smallest absolute Gasteiger partial charge is 0.134 e. The Hall–Kier alpha value is -1.16. The largest absolute Gasteiger partial charge is 0.460 e. The molecular weight excluding hydrogens is 400 g/mol. The lowest BCUT2D eigenvalue weighted by Gasteiger charge is -2.06. The molecule has 0 atom stereocenters. The first kappa shape index (κ1) is 20.2. The fraction of sp³-hybridized carbons (Fsp3) is 0.158. The molecule has 0 unspecified atom stereocenters. The lowest BCUT2D eigenvalue weighted by Crippen LogP contribution is -2.16. The van der Waals surface area contributed by atoms with Gasteiger partial charge in [-0.25, -0.2) is 0 Å². The molecule has 2 nitrogen and oxygen atoms in total. The molecule has 3 aromatic rings. The van der Waals surface area contributed by atoms with Crippen molar-refractivity contribution in [3.63, 3.8) is 0 Å². The lowest BCUT2D eigenvalue weighted by molar-refractivity contribution is 0.495.